The van der Waals surface area contributed by atoms with E-state index in [9.17, 15) is 14.3 Å². The minimum absolute atomic E-state index is 0.0937. The standard InChI is InChI=1S/C55H108NO7P/c1-3-5-7-9-11-13-15-17-19-21-23-25-27-28-30-32-34-36-38-40-42-44-46-48-55(57)63-54(53-62-64(58,59)61-51-49-56)52-60-50-47-45-43-41-39-37-35-33-31-29-26-24-22-20-18-16-14-12-10-8-6-4-2/h21-24,54H,3-20,25-53,56H2,1-2H3,(H,58,59)/b23-21-,24-22-. The summed E-state index contributed by atoms with van der Waals surface area (Å²) in [6.07, 6.45) is 62.2. The molecule has 0 aromatic carbocycles. The highest BCUT2D eigenvalue weighted by Gasteiger charge is 2.25. The van der Waals surface area contributed by atoms with E-state index >= 15 is 0 Å². The average molecular weight is 926 g/mol. The lowest BCUT2D eigenvalue weighted by Crippen LogP contribution is -2.28. The molecule has 9 heteroatoms. The number of carbonyl (C=O) groups excluding carboxylic acids is 1. The van der Waals surface area contributed by atoms with E-state index < -0.39 is 13.9 Å². The SMILES string of the molecule is CCCCCCCCCC/C=C\CCCCCCCCCCCCCC(=O)OC(COCCCCCCCCCCCC/C=C\CCCCCCCCCC)COP(=O)(O)OCCN. The third-order valence-electron chi connectivity index (χ3n) is 12.3. The summed E-state index contributed by atoms with van der Waals surface area (Å²) in [5.41, 5.74) is 5.40. The summed E-state index contributed by atoms with van der Waals surface area (Å²) in [7, 11) is -4.28. The Balaban J connectivity index is 3.88. The number of hydrogen-bond acceptors (Lipinski definition) is 7. The molecule has 2 unspecified atom stereocenters. The molecule has 2 atom stereocenters. The second kappa shape index (κ2) is 52.9. The lowest BCUT2D eigenvalue weighted by molar-refractivity contribution is -0.154. The first-order chi connectivity index (χ1) is 31.4. The molecule has 0 heterocycles. The summed E-state index contributed by atoms with van der Waals surface area (Å²) >= 11 is 0. The third kappa shape index (κ3) is 52.0. The Kier molecular flexibility index (Phi) is 52.1. The van der Waals surface area contributed by atoms with Crippen LogP contribution in [0.3, 0.4) is 0 Å². The van der Waals surface area contributed by atoms with Gasteiger partial charge in [-0.25, -0.2) is 4.57 Å². The smallest absolute Gasteiger partial charge is 0.457 e. The molecule has 0 aliphatic carbocycles. The first kappa shape index (κ1) is 63.0. The molecule has 380 valence electrons. The van der Waals surface area contributed by atoms with Crippen LogP contribution in [0.4, 0.5) is 0 Å². The number of nitrogens with two attached hydrogens (primary N) is 1. The fourth-order valence-corrected chi connectivity index (χ4v) is 8.99. The zero-order chi connectivity index (χ0) is 46.5. The van der Waals surface area contributed by atoms with Gasteiger partial charge < -0.3 is 20.1 Å². The fourth-order valence-electron chi connectivity index (χ4n) is 8.23. The molecule has 0 aromatic rings. The van der Waals surface area contributed by atoms with Gasteiger partial charge in [0, 0.05) is 19.6 Å². The van der Waals surface area contributed by atoms with Gasteiger partial charge in [0.1, 0.15) is 6.10 Å². The minimum Gasteiger partial charge on any atom is -0.457 e. The van der Waals surface area contributed by atoms with Crippen LogP contribution in [0.5, 0.6) is 0 Å². The van der Waals surface area contributed by atoms with E-state index in [2.05, 4.69) is 38.2 Å². The topological polar surface area (TPSA) is 117 Å². The molecule has 0 spiro atoms. The predicted octanol–water partition coefficient (Wildman–Crippen LogP) is 17.5. The van der Waals surface area contributed by atoms with E-state index in [0.717, 1.165) is 32.1 Å². The van der Waals surface area contributed by atoms with Crippen molar-refractivity contribution in [2.45, 2.75) is 290 Å². The van der Waals surface area contributed by atoms with Gasteiger partial charge in [0.05, 0.1) is 19.8 Å². The molecule has 0 bridgehead atoms. The molecule has 0 saturated heterocycles. The van der Waals surface area contributed by atoms with E-state index in [1.807, 2.05) is 0 Å². The second-order valence-electron chi connectivity index (χ2n) is 18.8. The van der Waals surface area contributed by atoms with Crippen molar-refractivity contribution < 1.29 is 32.8 Å². The second-order valence-corrected chi connectivity index (χ2v) is 20.2. The monoisotopic (exact) mass is 926 g/mol. The van der Waals surface area contributed by atoms with E-state index in [1.165, 1.54) is 231 Å². The maximum atomic E-state index is 12.7. The number of carbonyl (C=O) groups is 1. The van der Waals surface area contributed by atoms with Crippen LogP contribution in [0.2, 0.25) is 0 Å². The summed E-state index contributed by atoms with van der Waals surface area (Å²) in [5.74, 6) is -0.326. The Morgan fingerprint density at radius 1 is 0.453 bits per heavy atom. The first-order valence-corrected chi connectivity index (χ1v) is 29.3. The Bertz CT molecular complexity index is 1040. The van der Waals surface area contributed by atoms with Crippen LogP contribution in [0.15, 0.2) is 24.3 Å². The molecule has 0 radical (unpaired) electrons. The van der Waals surface area contributed by atoms with Gasteiger partial charge >= 0.3 is 13.8 Å². The van der Waals surface area contributed by atoms with Crippen molar-refractivity contribution in [1.82, 2.24) is 0 Å². The summed E-state index contributed by atoms with van der Waals surface area (Å²) in [4.78, 5) is 22.6. The molecule has 0 aliphatic rings. The van der Waals surface area contributed by atoms with Crippen molar-refractivity contribution in [3.63, 3.8) is 0 Å². The summed E-state index contributed by atoms with van der Waals surface area (Å²) < 4.78 is 33.7. The van der Waals surface area contributed by atoms with E-state index in [4.69, 9.17) is 24.3 Å². The molecule has 0 rings (SSSR count). The van der Waals surface area contributed by atoms with Gasteiger partial charge in [0.25, 0.3) is 0 Å². The van der Waals surface area contributed by atoms with Gasteiger partial charge in [0.15, 0.2) is 0 Å². The average Bonchev–Trinajstić information content (AvgIpc) is 3.29. The van der Waals surface area contributed by atoms with Gasteiger partial charge in [0.2, 0.25) is 0 Å². The van der Waals surface area contributed by atoms with Crippen LogP contribution >= 0.6 is 7.82 Å². The molecule has 8 nitrogen and oxygen atoms in total. The molecule has 0 aliphatic heterocycles. The number of phosphoric ester groups is 1. The molecule has 0 saturated carbocycles. The van der Waals surface area contributed by atoms with Crippen LogP contribution in [0, 0.1) is 0 Å². The van der Waals surface area contributed by atoms with Crippen molar-refractivity contribution in [3.05, 3.63) is 24.3 Å². The maximum absolute atomic E-state index is 12.7. The largest absolute Gasteiger partial charge is 0.472 e. The van der Waals surface area contributed by atoms with Gasteiger partial charge in [-0.2, -0.15) is 0 Å². The molecule has 0 fully saturated rings. The van der Waals surface area contributed by atoms with Gasteiger partial charge in [-0.05, 0) is 64.2 Å². The Morgan fingerprint density at radius 2 is 0.781 bits per heavy atom. The van der Waals surface area contributed by atoms with Gasteiger partial charge in [-0.1, -0.05) is 237 Å². The Labute approximate surface area is 397 Å². The van der Waals surface area contributed by atoms with Crippen molar-refractivity contribution >= 4 is 13.8 Å². The predicted molar refractivity (Wildman–Crippen MR) is 275 cm³/mol. The van der Waals surface area contributed by atoms with Gasteiger partial charge in [-0.15, -0.1) is 0 Å². The zero-order valence-electron chi connectivity index (χ0n) is 42.5. The summed E-state index contributed by atoms with van der Waals surface area (Å²) in [6, 6.07) is 0. The van der Waals surface area contributed by atoms with Crippen LogP contribution in [0.1, 0.15) is 284 Å². The van der Waals surface area contributed by atoms with Crippen LogP contribution in [0.25, 0.3) is 0 Å². The van der Waals surface area contributed by atoms with Crippen LogP contribution in [-0.4, -0.2) is 49.9 Å². The van der Waals surface area contributed by atoms with E-state index in [-0.39, 0.29) is 32.3 Å². The number of esters is 1. The van der Waals surface area contributed by atoms with Crippen molar-refractivity contribution in [3.8, 4) is 0 Å². The Morgan fingerprint density at radius 3 is 1.14 bits per heavy atom. The summed E-state index contributed by atoms with van der Waals surface area (Å²) in [5, 5.41) is 0. The van der Waals surface area contributed by atoms with Crippen LogP contribution in [-0.2, 0) is 27.9 Å². The highest BCUT2D eigenvalue weighted by molar-refractivity contribution is 7.47. The Hall–Kier alpha value is -1.02. The van der Waals surface area contributed by atoms with Crippen molar-refractivity contribution in [1.29, 1.82) is 0 Å². The number of unbranched alkanes of at least 4 members (excludes halogenated alkanes) is 37. The molecule has 0 aromatic heterocycles. The molecular weight excluding hydrogens is 818 g/mol. The zero-order valence-corrected chi connectivity index (χ0v) is 43.4. The normalized spacial score (nSPS) is 13.4. The highest BCUT2D eigenvalue weighted by atomic mass is 31.2. The van der Waals surface area contributed by atoms with Crippen LogP contribution < -0.4 is 5.73 Å². The minimum atomic E-state index is -4.28. The molecule has 3 N–H and O–H groups in total. The molecule has 64 heavy (non-hydrogen) atoms. The number of hydrogen-bond donors (Lipinski definition) is 2. The van der Waals surface area contributed by atoms with Crippen molar-refractivity contribution in [2.75, 3.05) is 33.0 Å². The lowest BCUT2D eigenvalue weighted by atomic mass is 10.0. The number of rotatable bonds is 54. The maximum Gasteiger partial charge on any atom is 0.472 e. The van der Waals surface area contributed by atoms with Crippen molar-refractivity contribution in [2.24, 2.45) is 5.73 Å². The van der Waals surface area contributed by atoms with E-state index in [1.54, 1.807) is 0 Å². The number of allylic oxidation sites excluding steroid dienone is 4. The molecule has 0 amide bonds. The quantitative estimate of drug-likeness (QED) is 0.0268. The fraction of sp³-hybridized carbons (Fsp3) is 0.909. The summed E-state index contributed by atoms with van der Waals surface area (Å²) in [6.45, 7) is 4.98. The van der Waals surface area contributed by atoms with E-state index in [0.29, 0.717) is 13.0 Å². The number of phosphoric acid groups is 1. The lowest BCUT2D eigenvalue weighted by Gasteiger charge is -2.20. The number of ether oxygens (including phenoxy) is 2. The highest BCUT2D eigenvalue weighted by Crippen LogP contribution is 2.43. The first-order valence-electron chi connectivity index (χ1n) is 27.8. The molecular formula is C55H108NO7P. The van der Waals surface area contributed by atoms with Gasteiger partial charge in [-0.3, -0.25) is 13.8 Å². The third-order valence-corrected chi connectivity index (χ3v) is 13.3.